The summed E-state index contributed by atoms with van der Waals surface area (Å²) in [4.78, 5) is 8.77. The van der Waals surface area contributed by atoms with Crippen molar-refractivity contribution < 1.29 is 4.39 Å². The van der Waals surface area contributed by atoms with Crippen molar-refractivity contribution in [3.05, 3.63) is 54.4 Å². The van der Waals surface area contributed by atoms with Crippen LogP contribution in [0.25, 0.3) is 16.9 Å². The molecule has 3 rings (SSSR count). The Hall–Kier alpha value is -2.34. The predicted molar refractivity (Wildman–Crippen MR) is 78.9 cm³/mol. The average molecular weight is 286 g/mol. The Kier molecular flexibility index (Phi) is 3.15. The van der Waals surface area contributed by atoms with Crippen molar-refractivity contribution in [3.63, 3.8) is 0 Å². The zero-order valence-electron chi connectivity index (χ0n) is 10.5. The van der Waals surface area contributed by atoms with Gasteiger partial charge in [-0.1, -0.05) is 12.2 Å². The molecule has 0 unspecified atom stereocenters. The molecule has 4 nitrogen and oxygen atoms in total. The predicted octanol–water partition coefficient (Wildman–Crippen LogP) is 2.36. The van der Waals surface area contributed by atoms with E-state index >= 15 is 0 Å². The molecule has 0 saturated heterocycles. The maximum absolute atomic E-state index is 13.9. The number of thiocarbonyl (C=S) groups is 1. The standard InChI is InChI=1S/C14H11FN4S/c15-10-4-2-6-19-11(7-12(16)20)13(18-14(10)19)9-3-1-5-17-8-9/h1-6,8H,7H2,(H2,16,20). The summed E-state index contributed by atoms with van der Waals surface area (Å²) in [6.45, 7) is 0. The van der Waals surface area contributed by atoms with Crippen LogP contribution in [-0.4, -0.2) is 19.4 Å². The summed E-state index contributed by atoms with van der Waals surface area (Å²) >= 11 is 4.98. The molecule has 0 spiro atoms. The number of fused-ring (bicyclic) bond motifs is 1. The van der Waals surface area contributed by atoms with Crippen molar-refractivity contribution in [2.24, 2.45) is 5.73 Å². The minimum absolute atomic E-state index is 0.262. The lowest BCUT2D eigenvalue weighted by Gasteiger charge is -2.04. The molecule has 0 atom stereocenters. The number of hydrogen-bond acceptors (Lipinski definition) is 3. The Balaban J connectivity index is 2.30. The van der Waals surface area contributed by atoms with Crippen LogP contribution in [0.2, 0.25) is 0 Å². The molecule has 0 aliphatic rings. The Morgan fingerprint density at radius 2 is 2.20 bits per heavy atom. The number of aromatic nitrogens is 3. The van der Waals surface area contributed by atoms with E-state index < -0.39 is 0 Å². The first-order valence-corrected chi connectivity index (χ1v) is 6.42. The highest BCUT2D eigenvalue weighted by molar-refractivity contribution is 7.80. The monoisotopic (exact) mass is 286 g/mol. The molecular weight excluding hydrogens is 275 g/mol. The largest absolute Gasteiger partial charge is 0.393 e. The van der Waals surface area contributed by atoms with Crippen molar-refractivity contribution in [2.75, 3.05) is 0 Å². The van der Waals surface area contributed by atoms with Crippen molar-refractivity contribution >= 4 is 22.9 Å². The summed E-state index contributed by atoms with van der Waals surface area (Å²) in [5.74, 6) is -0.383. The first-order chi connectivity index (χ1) is 9.66. The molecule has 3 aromatic rings. The van der Waals surface area contributed by atoms with E-state index in [4.69, 9.17) is 18.0 Å². The smallest absolute Gasteiger partial charge is 0.173 e. The van der Waals surface area contributed by atoms with E-state index in [0.717, 1.165) is 11.3 Å². The van der Waals surface area contributed by atoms with Crippen LogP contribution in [0.5, 0.6) is 0 Å². The molecule has 0 fully saturated rings. The molecule has 0 saturated carbocycles. The van der Waals surface area contributed by atoms with Gasteiger partial charge in [0.25, 0.3) is 0 Å². The summed E-state index contributed by atoms with van der Waals surface area (Å²) in [6.07, 6.45) is 5.46. The Morgan fingerprint density at radius 3 is 2.90 bits per heavy atom. The highest BCUT2D eigenvalue weighted by Gasteiger charge is 2.16. The van der Waals surface area contributed by atoms with Gasteiger partial charge in [0.2, 0.25) is 0 Å². The number of nitrogens with two attached hydrogens (primary N) is 1. The molecular formula is C14H11FN4S. The summed E-state index contributed by atoms with van der Waals surface area (Å²) < 4.78 is 15.5. The topological polar surface area (TPSA) is 56.2 Å². The van der Waals surface area contributed by atoms with Crippen molar-refractivity contribution in [3.8, 4) is 11.3 Å². The van der Waals surface area contributed by atoms with E-state index in [1.54, 1.807) is 35.1 Å². The van der Waals surface area contributed by atoms with Crippen molar-refractivity contribution in [1.82, 2.24) is 14.4 Å². The molecule has 0 amide bonds. The molecule has 0 radical (unpaired) electrons. The van der Waals surface area contributed by atoms with Gasteiger partial charge in [0.15, 0.2) is 11.5 Å². The van der Waals surface area contributed by atoms with E-state index in [0.29, 0.717) is 17.1 Å². The highest BCUT2D eigenvalue weighted by atomic mass is 32.1. The number of hydrogen-bond donors (Lipinski definition) is 1. The van der Waals surface area contributed by atoms with Crippen molar-refractivity contribution in [2.45, 2.75) is 6.42 Å². The molecule has 2 N–H and O–H groups in total. The first kappa shape index (κ1) is 12.7. The van der Waals surface area contributed by atoms with Gasteiger partial charge in [-0.3, -0.25) is 4.98 Å². The lowest BCUT2D eigenvalue weighted by Crippen LogP contribution is -2.13. The molecule has 20 heavy (non-hydrogen) atoms. The number of pyridine rings is 2. The van der Waals surface area contributed by atoms with E-state index in [1.807, 2.05) is 6.07 Å². The van der Waals surface area contributed by atoms with Crippen LogP contribution in [0.3, 0.4) is 0 Å². The summed E-state index contributed by atoms with van der Waals surface area (Å²) in [5.41, 5.74) is 8.12. The Labute approximate surface area is 120 Å². The van der Waals surface area contributed by atoms with Crippen LogP contribution in [0.1, 0.15) is 5.69 Å². The number of rotatable bonds is 3. The zero-order valence-corrected chi connectivity index (χ0v) is 11.3. The summed E-state index contributed by atoms with van der Waals surface area (Å²) in [6, 6.07) is 6.68. The second-order valence-corrected chi connectivity index (χ2v) is 4.87. The fraction of sp³-hybridized carbons (Fsp3) is 0.0714. The third-order valence-electron chi connectivity index (χ3n) is 2.98. The van der Waals surface area contributed by atoms with E-state index in [2.05, 4.69) is 9.97 Å². The van der Waals surface area contributed by atoms with Gasteiger partial charge in [-0.25, -0.2) is 9.37 Å². The van der Waals surface area contributed by atoms with E-state index in [9.17, 15) is 4.39 Å². The highest BCUT2D eigenvalue weighted by Crippen LogP contribution is 2.25. The molecule has 0 aliphatic heterocycles. The van der Waals surface area contributed by atoms with Gasteiger partial charge >= 0.3 is 0 Å². The number of imidazole rings is 1. The third kappa shape index (κ3) is 2.14. The molecule has 0 aromatic carbocycles. The fourth-order valence-electron chi connectivity index (χ4n) is 2.15. The number of nitrogens with zero attached hydrogens (tertiary/aromatic N) is 3. The van der Waals surface area contributed by atoms with Crippen LogP contribution in [0, 0.1) is 5.82 Å². The van der Waals surface area contributed by atoms with Crippen LogP contribution < -0.4 is 5.73 Å². The Bertz CT molecular complexity index is 782. The lowest BCUT2D eigenvalue weighted by atomic mass is 10.1. The molecule has 0 bridgehead atoms. The van der Waals surface area contributed by atoms with Gasteiger partial charge < -0.3 is 10.1 Å². The minimum Gasteiger partial charge on any atom is -0.393 e. The fourth-order valence-corrected chi connectivity index (χ4v) is 2.29. The van der Waals surface area contributed by atoms with Crippen LogP contribution in [0.15, 0.2) is 42.9 Å². The molecule has 3 aromatic heterocycles. The molecule has 3 heterocycles. The normalized spacial score (nSPS) is 10.8. The van der Waals surface area contributed by atoms with Crippen LogP contribution in [-0.2, 0) is 6.42 Å². The first-order valence-electron chi connectivity index (χ1n) is 6.01. The third-order valence-corrected chi connectivity index (χ3v) is 3.12. The zero-order chi connectivity index (χ0) is 14.1. The average Bonchev–Trinajstić information content (AvgIpc) is 2.80. The van der Waals surface area contributed by atoms with Gasteiger partial charge in [-0.05, 0) is 24.3 Å². The maximum atomic E-state index is 13.9. The van der Waals surface area contributed by atoms with Crippen LogP contribution >= 0.6 is 12.2 Å². The van der Waals surface area contributed by atoms with Gasteiger partial charge in [-0.15, -0.1) is 0 Å². The second-order valence-electron chi connectivity index (χ2n) is 4.34. The minimum atomic E-state index is -0.383. The van der Waals surface area contributed by atoms with Gasteiger partial charge in [-0.2, -0.15) is 0 Å². The maximum Gasteiger partial charge on any atom is 0.173 e. The summed E-state index contributed by atoms with van der Waals surface area (Å²) in [7, 11) is 0. The Morgan fingerprint density at radius 1 is 1.35 bits per heavy atom. The van der Waals surface area contributed by atoms with E-state index in [1.165, 1.54) is 6.07 Å². The summed E-state index contributed by atoms with van der Waals surface area (Å²) in [5, 5.41) is 0. The second kappa shape index (κ2) is 4.97. The van der Waals surface area contributed by atoms with Gasteiger partial charge in [0, 0.05) is 30.6 Å². The van der Waals surface area contributed by atoms with Crippen molar-refractivity contribution in [1.29, 1.82) is 0 Å². The van der Waals surface area contributed by atoms with E-state index in [-0.39, 0.29) is 11.5 Å². The molecule has 6 heteroatoms. The van der Waals surface area contributed by atoms with Crippen LogP contribution in [0.4, 0.5) is 4.39 Å². The lowest BCUT2D eigenvalue weighted by molar-refractivity contribution is 0.629. The SMILES string of the molecule is NC(=S)Cc1c(-c2cccnc2)nc2c(F)cccn12. The van der Waals surface area contributed by atoms with Gasteiger partial charge in [0.1, 0.15) is 0 Å². The number of halogens is 1. The molecule has 0 aliphatic carbocycles. The molecule has 100 valence electrons. The quantitative estimate of drug-likeness (QED) is 0.751. The van der Waals surface area contributed by atoms with Gasteiger partial charge in [0.05, 0.1) is 16.4 Å².